The zero-order valence-corrected chi connectivity index (χ0v) is 17.6. The van der Waals surface area contributed by atoms with Gasteiger partial charge in [-0.1, -0.05) is 64.5 Å². The van der Waals surface area contributed by atoms with E-state index < -0.39 is 13.8 Å². The van der Waals surface area contributed by atoms with E-state index in [1.807, 2.05) is 0 Å². The lowest BCUT2D eigenvalue weighted by atomic mass is 10.0. The summed E-state index contributed by atoms with van der Waals surface area (Å²) in [4.78, 5) is 9.84. The van der Waals surface area contributed by atoms with Crippen molar-refractivity contribution in [1.29, 1.82) is 0 Å². The minimum Gasteiger partial charge on any atom is -0.466 e. The van der Waals surface area contributed by atoms with Gasteiger partial charge < -0.3 is 4.74 Å². The highest BCUT2D eigenvalue weighted by atomic mass is 31.1. The molecule has 0 saturated heterocycles. The standard InChI is InChI=1S/C16H34OP.C4H6O2/c1-5-9-11-15(7-3)13-18(17)14-16(8-4)12-10-6-2;1-3-4(5)6-2/h15-16H,5-14H2,1-4H3;3H,1H2,2H3/q+1;. The van der Waals surface area contributed by atoms with Crippen LogP contribution in [-0.2, 0) is 14.1 Å². The van der Waals surface area contributed by atoms with Crippen LogP contribution >= 0.6 is 7.80 Å². The van der Waals surface area contributed by atoms with Gasteiger partial charge in [-0.25, -0.2) is 4.79 Å². The number of carbonyl (C=O) groups is 1. The van der Waals surface area contributed by atoms with E-state index in [9.17, 15) is 9.36 Å². The molecule has 0 N–H and O–H groups in total. The van der Waals surface area contributed by atoms with Crippen molar-refractivity contribution in [3.63, 3.8) is 0 Å². The first-order chi connectivity index (χ1) is 11.5. The van der Waals surface area contributed by atoms with Crippen LogP contribution in [0.1, 0.15) is 79.1 Å². The predicted octanol–water partition coefficient (Wildman–Crippen LogP) is 6.59. The van der Waals surface area contributed by atoms with E-state index in [0.29, 0.717) is 11.8 Å². The molecule has 0 aromatic heterocycles. The Morgan fingerprint density at radius 1 is 1.00 bits per heavy atom. The summed E-state index contributed by atoms with van der Waals surface area (Å²) in [6.45, 7) is 12.1. The summed E-state index contributed by atoms with van der Waals surface area (Å²) in [5.74, 6) is 1.02. The molecule has 0 heterocycles. The van der Waals surface area contributed by atoms with Gasteiger partial charge in [0, 0.05) is 17.9 Å². The normalized spacial score (nSPS) is 13.3. The smallest absolute Gasteiger partial charge is 0.339 e. The van der Waals surface area contributed by atoms with Crippen LogP contribution in [0.5, 0.6) is 0 Å². The molecule has 0 fully saturated rings. The second-order valence-corrected chi connectivity index (χ2v) is 8.10. The van der Waals surface area contributed by atoms with Crippen LogP contribution in [0.15, 0.2) is 12.7 Å². The number of rotatable bonds is 13. The Morgan fingerprint density at radius 2 is 1.42 bits per heavy atom. The molecule has 0 aromatic carbocycles. The maximum absolute atomic E-state index is 12.3. The molecule has 24 heavy (non-hydrogen) atoms. The zero-order valence-electron chi connectivity index (χ0n) is 16.7. The summed E-state index contributed by atoms with van der Waals surface area (Å²) in [5, 5.41) is 0. The molecule has 0 spiro atoms. The van der Waals surface area contributed by atoms with Gasteiger partial charge in [0.25, 0.3) is 0 Å². The molecule has 4 heteroatoms. The molecule has 0 amide bonds. The molecule has 0 aliphatic carbocycles. The lowest BCUT2D eigenvalue weighted by Crippen LogP contribution is -2.07. The van der Waals surface area contributed by atoms with Gasteiger partial charge >= 0.3 is 13.8 Å². The Morgan fingerprint density at radius 3 is 1.62 bits per heavy atom. The summed E-state index contributed by atoms with van der Waals surface area (Å²) in [6.07, 6.45) is 13.2. The van der Waals surface area contributed by atoms with Crippen LogP contribution < -0.4 is 0 Å². The SMILES string of the molecule is C=CC(=O)OC.CCCCC(CC)C[P+](=O)CC(CC)CCCC. The maximum Gasteiger partial charge on any atom is 0.339 e. The van der Waals surface area contributed by atoms with Crippen LogP contribution in [0.25, 0.3) is 0 Å². The van der Waals surface area contributed by atoms with Crippen molar-refractivity contribution < 1.29 is 14.1 Å². The average Bonchev–Trinajstić information content (AvgIpc) is 2.61. The topological polar surface area (TPSA) is 43.4 Å². The monoisotopic (exact) mass is 359 g/mol. The minimum atomic E-state index is -0.954. The molecule has 2 unspecified atom stereocenters. The highest BCUT2D eigenvalue weighted by molar-refractivity contribution is 7.44. The summed E-state index contributed by atoms with van der Waals surface area (Å²) in [5.41, 5.74) is 0. The third-order valence-corrected chi connectivity index (χ3v) is 6.23. The first-order valence-electron chi connectivity index (χ1n) is 9.61. The van der Waals surface area contributed by atoms with Crippen molar-refractivity contribution in [3.8, 4) is 0 Å². The van der Waals surface area contributed by atoms with Crippen molar-refractivity contribution in [2.24, 2.45) is 11.8 Å². The van der Waals surface area contributed by atoms with Crippen molar-refractivity contribution in [2.75, 3.05) is 19.4 Å². The number of hydrogen-bond donors (Lipinski definition) is 0. The van der Waals surface area contributed by atoms with Gasteiger partial charge in [-0.15, -0.1) is 0 Å². The molecule has 0 rings (SSSR count). The van der Waals surface area contributed by atoms with E-state index in [4.69, 9.17) is 0 Å². The fourth-order valence-electron chi connectivity index (χ4n) is 2.57. The fraction of sp³-hybridized carbons (Fsp3) is 0.850. The Hall–Kier alpha value is -0.690. The second-order valence-electron chi connectivity index (χ2n) is 6.41. The minimum absolute atomic E-state index is 0.394. The molecule has 3 nitrogen and oxygen atoms in total. The third-order valence-electron chi connectivity index (χ3n) is 4.38. The highest BCUT2D eigenvalue weighted by Gasteiger charge is 2.25. The van der Waals surface area contributed by atoms with E-state index >= 15 is 0 Å². The van der Waals surface area contributed by atoms with Crippen LogP contribution in [0.4, 0.5) is 0 Å². The van der Waals surface area contributed by atoms with Gasteiger partial charge in [0.1, 0.15) is 12.3 Å². The van der Waals surface area contributed by atoms with Gasteiger partial charge in [-0.05, 0) is 25.7 Å². The average molecular weight is 360 g/mol. The van der Waals surface area contributed by atoms with Crippen molar-refractivity contribution in [1.82, 2.24) is 0 Å². The highest BCUT2D eigenvalue weighted by Crippen LogP contribution is 2.33. The molecule has 0 radical (unpaired) electrons. The Bertz CT molecular complexity index is 309. The van der Waals surface area contributed by atoms with Crippen molar-refractivity contribution in [3.05, 3.63) is 12.7 Å². The van der Waals surface area contributed by atoms with Crippen LogP contribution in [0.3, 0.4) is 0 Å². The first-order valence-corrected chi connectivity index (χ1v) is 11.2. The molecule has 142 valence electrons. The number of hydrogen-bond acceptors (Lipinski definition) is 3. The van der Waals surface area contributed by atoms with E-state index in [1.165, 1.54) is 58.5 Å². The van der Waals surface area contributed by atoms with Gasteiger partial charge in [0.05, 0.1) is 7.11 Å². The molecular formula is C20H40O3P+. The Balaban J connectivity index is 0. The zero-order chi connectivity index (χ0) is 18.8. The van der Waals surface area contributed by atoms with E-state index in [-0.39, 0.29) is 0 Å². The lowest BCUT2D eigenvalue weighted by Gasteiger charge is -2.11. The summed E-state index contributed by atoms with van der Waals surface area (Å²) < 4.78 is 16.4. The van der Waals surface area contributed by atoms with Crippen LogP contribution in [0, 0.1) is 11.8 Å². The van der Waals surface area contributed by atoms with Crippen molar-refractivity contribution >= 4 is 13.8 Å². The number of carbonyl (C=O) groups excluding carboxylic acids is 1. The number of unbranched alkanes of at least 4 members (excludes halogenated alkanes) is 2. The van der Waals surface area contributed by atoms with Crippen LogP contribution in [0.2, 0.25) is 0 Å². The quantitative estimate of drug-likeness (QED) is 0.211. The van der Waals surface area contributed by atoms with E-state index in [0.717, 1.165) is 18.4 Å². The first kappa shape index (κ1) is 25.5. The largest absolute Gasteiger partial charge is 0.466 e. The number of esters is 1. The van der Waals surface area contributed by atoms with Gasteiger partial charge in [-0.3, -0.25) is 0 Å². The summed E-state index contributed by atoms with van der Waals surface area (Å²) in [7, 11) is 0.355. The van der Waals surface area contributed by atoms with Crippen LogP contribution in [-0.4, -0.2) is 25.4 Å². The molecule has 0 aliphatic heterocycles. The maximum atomic E-state index is 12.3. The molecule has 0 saturated carbocycles. The summed E-state index contributed by atoms with van der Waals surface area (Å²) in [6, 6.07) is 0. The molecule has 0 aromatic rings. The Kier molecular flexibility index (Phi) is 19.8. The molecule has 0 aliphatic rings. The van der Waals surface area contributed by atoms with E-state index in [2.05, 4.69) is 39.0 Å². The van der Waals surface area contributed by atoms with E-state index in [1.54, 1.807) is 0 Å². The Labute approximate surface area is 151 Å². The molecule has 0 bridgehead atoms. The number of ether oxygens (including phenoxy) is 1. The fourth-order valence-corrected chi connectivity index (χ4v) is 4.75. The molecular weight excluding hydrogens is 319 g/mol. The van der Waals surface area contributed by atoms with Gasteiger partial charge in [-0.2, -0.15) is 0 Å². The molecule has 2 atom stereocenters. The van der Waals surface area contributed by atoms with Gasteiger partial charge in [0.2, 0.25) is 0 Å². The lowest BCUT2D eigenvalue weighted by molar-refractivity contribution is -0.134. The predicted molar refractivity (Wildman–Crippen MR) is 106 cm³/mol. The summed E-state index contributed by atoms with van der Waals surface area (Å²) >= 11 is 0. The second kappa shape index (κ2) is 18.6. The third kappa shape index (κ3) is 16.2. The van der Waals surface area contributed by atoms with Gasteiger partial charge in [0.15, 0.2) is 0 Å². The van der Waals surface area contributed by atoms with Crippen molar-refractivity contribution in [2.45, 2.75) is 79.1 Å². The number of methoxy groups -OCH3 is 1.